The maximum atomic E-state index is 13.1. The molecule has 0 bridgehead atoms. The zero-order valence-electron chi connectivity index (χ0n) is 7.97. The van der Waals surface area contributed by atoms with Crippen molar-refractivity contribution in [3.63, 3.8) is 0 Å². The summed E-state index contributed by atoms with van der Waals surface area (Å²) in [5.74, 6) is -0.0589. The van der Waals surface area contributed by atoms with Crippen LogP contribution in [0, 0.1) is 11.6 Å². The third kappa shape index (κ3) is 3.27. The van der Waals surface area contributed by atoms with Crippen LogP contribution >= 0.6 is 11.8 Å². The van der Waals surface area contributed by atoms with E-state index in [-0.39, 0.29) is 11.9 Å². The van der Waals surface area contributed by atoms with Gasteiger partial charge in [-0.05, 0) is 36.4 Å². The van der Waals surface area contributed by atoms with Gasteiger partial charge in [-0.1, -0.05) is 0 Å². The van der Waals surface area contributed by atoms with Crippen LogP contribution in [0.4, 0.5) is 8.78 Å². The zero-order valence-corrected chi connectivity index (χ0v) is 8.78. The molecule has 1 unspecified atom stereocenters. The molecule has 0 radical (unpaired) electrons. The Hall–Kier alpha value is -0.610. The van der Waals surface area contributed by atoms with Crippen LogP contribution in [0.5, 0.6) is 0 Å². The largest absolute Gasteiger partial charge is 0.327 e. The van der Waals surface area contributed by atoms with Crippen molar-refractivity contribution in [2.75, 3.05) is 12.0 Å². The van der Waals surface area contributed by atoms with E-state index in [1.165, 1.54) is 6.07 Å². The fourth-order valence-electron chi connectivity index (χ4n) is 1.26. The lowest BCUT2D eigenvalue weighted by Gasteiger charge is -2.10. The van der Waals surface area contributed by atoms with Crippen LogP contribution in [-0.2, 0) is 6.42 Å². The molecule has 1 atom stereocenters. The molecule has 0 fully saturated rings. The van der Waals surface area contributed by atoms with Gasteiger partial charge in [0, 0.05) is 11.8 Å². The molecule has 4 heteroatoms. The highest BCUT2D eigenvalue weighted by atomic mass is 32.2. The average molecular weight is 217 g/mol. The van der Waals surface area contributed by atoms with Crippen molar-refractivity contribution >= 4 is 11.8 Å². The molecule has 1 rings (SSSR count). The van der Waals surface area contributed by atoms with E-state index >= 15 is 0 Å². The fourth-order valence-corrected chi connectivity index (χ4v) is 1.80. The first-order valence-electron chi connectivity index (χ1n) is 4.32. The average Bonchev–Trinajstić information content (AvgIpc) is 2.12. The molecule has 0 aliphatic heterocycles. The number of nitrogens with two attached hydrogens (primary N) is 1. The van der Waals surface area contributed by atoms with E-state index in [1.54, 1.807) is 11.8 Å². The van der Waals surface area contributed by atoms with Gasteiger partial charge < -0.3 is 5.73 Å². The summed E-state index contributed by atoms with van der Waals surface area (Å²) in [6, 6.07) is 3.33. The SMILES string of the molecule is CSCC(N)Cc1cc(F)ccc1F. The van der Waals surface area contributed by atoms with E-state index in [9.17, 15) is 8.78 Å². The lowest BCUT2D eigenvalue weighted by atomic mass is 10.1. The number of hydrogen-bond donors (Lipinski definition) is 1. The molecular formula is C10H13F2NS. The summed E-state index contributed by atoms with van der Waals surface area (Å²) in [5.41, 5.74) is 6.08. The third-order valence-electron chi connectivity index (χ3n) is 1.87. The van der Waals surface area contributed by atoms with Crippen LogP contribution in [-0.4, -0.2) is 18.1 Å². The summed E-state index contributed by atoms with van der Waals surface area (Å²) < 4.78 is 25.9. The number of rotatable bonds is 4. The highest BCUT2D eigenvalue weighted by Gasteiger charge is 2.08. The van der Waals surface area contributed by atoms with E-state index in [1.807, 2.05) is 6.26 Å². The van der Waals surface area contributed by atoms with Crippen LogP contribution in [0.3, 0.4) is 0 Å². The molecule has 0 spiro atoms. The Morgan fingerprint density at radius 3 is 2.79 bits per heavy atom. The molecule has 0 amide bonds. The first kappa shape index (κ1) is 11.5. The molecule has 0 saturated heterocycles. The second-order valence-corrected chi connectivity index (χ2v) is 4.07. The Morgan fingerprint density at radius 2 is 2.14 bits per heavy atom. The number of hydrogen-bond acceptors (Lipinski definition) is 2. The first-order chi connectivity index (χ1) is 6.63. The highest BCUT2D eigenvalue weighted by molar-refractivity contribution is 7.98. The molecule has 78 valence electrons. The Morgan fingerprint density at radius 1 is 1.43 bits per heavy atom. The second-order valence-electron chi connectivity index (χ2n) is 3.16. The lowest BCUT2D eigenvalue weighted by molar-refractivity contribution is 0.576. The minimum Gasteiger partial charge on any atom is -0.327 e. The van der Waals surface area contributed by atoms with Gasteiger partial charge in [-0.25, -0.2) is 8.78 Å². The zero-order chi connectivity index (χ0) is 10.6. The van der Waals surface area contributed by atoms with Gasteiger partial charge in [-0.2, -0.15) is 11.8 Å². The van der Waals surface area contributed by atoms with Crippen molar-refractivity contribution in [3.05, 3.63) is 35.4 Å². The quantitative estimate of drug-likeness (QED) is 0.836. The number of thioether (sulfide) groups is 1. The molecule has 14 heavy (non-hydrogen) atoms. The van der Waals surface area contributed by atoms with Crippen molar-refractivity contribution in [1.29, 1.82) is 0 Å². The molecule has 1 aromatic carbocycles. The molecule has 0 aromatic heterocycles. The van der Waals surface area contributed by atoms with Crippen LogP contribution in [0.15, 0.2) is 18.2 Å². The minimum absolute atomic E-state index is 0.124. The third-order valence-corrected chi connectivity index (χ3v) is 2.63. The van der Waals surface area contributed by atoms with Crippen LogP contribution in [0.25, 0.3) is 0 Å². The maximum absolute atomic E-state index is 13.1. The summed E-state index contributed by atoms with van der Waals surface area (Å²) in [6.07, 6.45) is 2.31. The van der Waals surface area contributed by atoms with Gasteiger partial charge in [0.25, 0.3) is 0 Å². The van der Waals surface area contributed by atoms with Gasteiger partial charge in [0.15, 0.2) is 0 Å². The highest BCUT2D eigenvalue weighted by Crippen LogP contribution is 2.12. The van der Waals surface area contributed by atoms with Gasteiger partial charge in [0.2, 0.25) is 0 Å². The predicted molar refractivity (Wildman–Crippen MR) is 56.4 cm³/mol. The fraction of sp³-hybridized carbons (Fsp3) is 0.400. The van der Waals surface area contributed by atoms with E-state index in [4.69, 9.17) is 5.73 Å². The molecule has 0 aliphatic carbocycles. The van der Waals surface area contributed by atoms with Gasteiger partial charge >= 0.3 is 0 Å². The summed E-state index contributed by atoms with van der Waals surface area (Å²) in [5, 5.41) is 0. The lowest BCUT2D eigenvalue weighted by Crippen LogP contribution is -2.25. The number of halogens is 2. The second kappa shape index (κ2) is 5.32. The van der Waals surface area contributed by atoms with Crippen molar-refractivity contribution in [2.24, 2.45) is 5.73 Å². The van der Waals surface area contributed by atoms with Gasteiger partial charge in [0.1, 0.15) is 11.6 Å². The van der Waals surface area contributed by atoms with Gasteiger partial charge in [-0.15, -0.1) is 0 Å². The van der Waals surface area contributed by atoms with E-state index in [0.717, 1.165) is 17.9 Å². The summed E-state index contributed by atoms with van der Waals surface area (Å²) in [4.78, 5) is 0. The van der Waals surface area contributed by atoms with Gasteiger partial charge in [-0.3, -0.25) is 0 Å². The maximum Gasteiger partial charge on any atom is 0.126 e. The topological polar surface area (TPSA) is 26.0 Å². The Labute approximate surface area is 86.7 Å². The summed E-state index contributed by atoms with van der Waals surface area (Å²) in [6.45, 7) is 0. The van der Waals surface area contributed by atoms with Crippen molar-refractivity contribution < 1.29 is 8.78 Å². The molecule has 2 N–H and O–H groups in total. The Bertz CT molecular complexity index is 304. The molecule has 1 aromatic rings. The van der Waals surface area contributed by atoms with E-state index in [0.29, 0.717) is 12.0 Å². The van der Waals surface area contributed by atoms with E-state index in [2.05, 4.69) is 0 Å². The smallest absolute Gasteiger partial charge is 0.126 e. The molecule has 0 aliphatic rings. The Kier molecular flexibility index (Phi) is 4.35. The van der Waals surface area contributed by atoms with Crippen LogP contribution < -0.4 is 5.73 Å². The molecule has 0 heterocycles. The van der Waals surface area contributed by atoms with Crippen LogP contribution in [0.1, 0.15) is 5.56 Å². The molecule has 1 nitrogen and oxygen atoms in total. The van der Waals surface area contributed by atoms with E-state index < -0.39 is 5.82 Å². The van der Waals surface area contributed by atoms with Crippen LogP contribution in [0.2, 0.25) is 0 Å². The van der Waals surface area contributed by atoms with Crippen molar-refractivity contribution in [3.8, 4) is 0 Å². The molecule has 0 saturated carbocycles. The normalized spacial score (nSPS) is 12.9. The monoisotopic (exact) mass is 217 g/mol. The Balaban J connectivity index is 2.70. The minimum atomic E-state index is -0.419. The van der Waals surface area contributed by atoms with Crippen molar-refractivity contribution in [1.82, 2.24) is 0 Å². The first-order valence-corrected chi connectivity index (χ1v) is 5.71. The van der Waals surface area contributed by atoms with Crippen molar-refractivity contribution in [2.45, 2.75) is 12.5 Å². The van der Waals surface area contributed by atoms with Gasteiger partial charge in [0.05, 0.1) is 0 Å². The molecular weight excluding hydrogens is 204 g/mol. The standard InChI is InChI=1S/C10H13F2NS/c1-14-6-9(13)5-7-4-8(11)2-3-10(7)12/h2-4,9H,5-6,13H2,1H3. The predicted octanol–water partition coefficient (Wildman–Crippen LogP) is 2.20. The summed E-state index contributed by atoms with van der Waals surface area (Å²) in [7, 11) is 0. The number of benzene rings is 1. The summed E-state index contributed by atoms with van der Waals surface area (Å²) >= 11 is 1.60.